The van der Waals surface area contributed by atoms with Gasteiger partial charge in [-0.3, -0.25) is 4.79 Å². The average molecular weight is 260 g/mol. The standard InChI is InChI=1S/C12H11F3O3/c1-3-18-11(17)10(16)9-5-4-8(6-7(9)2)12(13,14)15/h4-6H,3H2,1-2H3. The molecule has 3 nitrogen and oxygen atoms in total. The van der Waals surface area contributed by atoms with Crippen LogP contribution in [-0.2, 0) is 15.7 Å². The van der Waals surface area contributed by atoms with Crippen molar-refractivity contribution >= 4 is 11.8 Å². The molecule has 0 bridgehead atoms. The van der Waals surface area contributed by atoms with E-state index in [1.54, 1.807) is 0 Å². The van der Waals surface area contributed by atoms with Crippen molar-refractivity contribution in [2.75, 3.05) is 6.61 Å². The molecular formula is C12H11F3O3. The molecule has 6 heteroatoms. The van der Waals surface area contributed by atoms with E-state index in [-0.39, 0.29) is 17.7 Å². The molecular weight excluding hydrogens is 249 g/mol. The first-order valence-corrected chi connectivity index (χ1v) is 5.16. The number of Topliss-reactive ketones (excluding diaryl/α,β-unsaturated/α-hetero) is 1. The minimum Gasteiger partial charge on any atom is -0.460 e. The first-order valence-electron chi connectivity index (χ1n) is 5.16. The van der Waals surface area contributed by atoms with Gasteiger partial charge in [0.25, 0.3) is 5.78 Å². The van der Waals surface area contributed by atoms with Crippen molar-refractivity contribution in [1.82, 2.24) is 0 Å². The van der Waals surface area contributed by atoms with Gasteiger partial charge in [0.1, 0.15) is 0 Å². The maximum absolute atomic E-state index is 12.4. The number of benzene rings is 1. The minimum atomic E-state index is -4.48. The fourth-order valence-electron chi connectivity index (χ4n) is 1.40. The van der Waals surface area contributed by atoms with E-state index in [0.29, 0.717) is 0 Å². The Morgan fingerprint density at radius 3 is 2.33 bits per heavy atom. The Morgan fingerprint density at radius 1 is 1.28 bits per heavy atom. The van der Waals surface area contributed by atoms with Crippen molar-refractivity contribution in [3.63, 3.8) is 0 Å². The number of hydrogen-bond acceptors (Lipinski definition) is 3. The number of hydrogen-bond donors (Lipinski definition) is 0. The number of alkyl halides is 3. The maximum atomic E-state index is 12.4. The molecule has 0 saturated heterocycles. The minimum absolute atomic E-state index is 0.0320. The van der Waals surface area contributed by atoms with Crippen LogP contribution in [0.25, 0.3) is 0 Å². The zero-order valence-electron chi connectivity index (χ0n) is 9.80. The van der Waals surface area contributed by atoms with Gasteiger partial charge in [0, 0.05) is 5.56 Å². The second-order valence-electron chi connectivity index (χ2n) is 3.58. The topological polar surface area (TPSA) is 43.4 Å². The van der Waals surface area contributed by atoms with Gasteiger partial charge in [0.15, 0.2) is 0 Å². The summed E-state index contributed by atoms with van der Waals surface area (Å²) in [5.74, 6) is -2.01. The van der Waals surface area contributed by atoms with E-state index in [1.807, 2.05) is 0 Å². The largest absolute Gasteiger partial charge is 0.460 e. The fraction of sp³-hybridized carbons (Fsp3) is 0.333. The molecule has 0 atom stereocenters. The molecule has 0 aliphatic rings. The highest BCUT2D eigenvalue weighted by Gasteiger charge is 2.31. The third-order valence-corrected chi connectivity index (χ3v) is 2.26. The van der Waals surface area contributed by atoms with Gasteiger partial charge in [-0.2, -0.15) is 13.2 Å². The van der Waals surface area contributed by atoms with E-state index in [2.05, 4.69) is 4.74 Å². The van der Waals surface area contributed by atoms with Gasteiger partial charge in [0.05, 0.1) is 12.2 Å². The summed E-state index contributed by atoms with van der Waals surface area (Å²) in [6.45, 7) is 2.90. The Labute approximate surface area is 102 Å². The Hall–Kier alpha value is -1.85. The zero-order chi connectivity index (χ0) is 13.9. The molecule has 0 fully saturated rings. The molecule has 1 aromatic carbocycles. The molecule has 0 amide bonds. The van der Waals surface area contributed by atoms with Gasteiger partial charge in [-0.15, -0.1) is 0 Å². The predicted octanol–water partition coefficient (Wildman–Crippen LogP) is 2.76. The lowest BCUT2D eigenvalue weighted by molar-refractivity contribution is -0.138. The lowest BCUT2D eigenvalue weighted by atomic mass is 10.0. The fourth-order valence-corrected chi connectivity index (χ4v) is 1.40. The molecule has 98 valence electrons. The van der Waals surface area contributed by atoms with Crippen LogP contribution in [-0.4, -0.2) is 18.4 Å². The Balaban J connectivity index is 3.07. The van der Waals surface area contributed by atoms with Crippen LogP contribution in [0.3, 0.4) is 0 Å². The summed E-state index contributed by atoms with van der Waals surface area (Å²) < 4.78 is 41.7. The van der Waals surface area contributed by atoms with Crippen LogP contribution in [0.2, 0.25) is 0 Å². The van der Waals surface area contributed by atoms with Crippen molar-refractivity contribution in [1.29, 1.82) is 0 Å². The Kier molecular flexibility index (Phi) is 4.11. The molecule has 0 radical (unpaired) electrons. The van der Waals surface area contributed by atoms with E-state index in [1.165, 1.54) is 13.8 Å². The van der Waals surface area contributed by atoms with Crippen LogP contribution in [0.5, 0.6) is 0 Å². The lowest BCUT2D eigenvalue weighted by Gasteiger charge is -2.10. The second-order valence-corrected chi connectivity index (χ2v) is 3.58. The van der Waals surface area contributed by atoms with E-state index < -0.39 is 23.5 Å². The summed E-state index contributed by atoms with van der Waals surface area (Å²) in [6.07, 6.45) is -4.48. The van der Waals surface area contributed by atoms with Gasteiger partial charge < -0.3 is 4.74 Å². The monoisotopic (exact) mass is 260 g/mol. The molecule has 1 aromatic rings. The summed E-state index contributed by atoms with van der Waals surface area (Å²) >= 11 is 0. The molecule has 0 unspecified atom stereocenters. The van der Waals surface area contributed by atoms with E-state index in [0.717, 1.165) is 18.2 Å². The third kappa shape index (κ3) is 3.09. The molecule has 0 heterocycles. The summed E-state index contributed by atoms with van der Waals surface area (Å²) in [5.41, 5.74) is -0.857. The molecule has 0 spiro atoms. The molecule has 0 aliphatic carbocycles. The average Bonchev–Trinajstić information content (AvgIpc) is 2.27. The zero-order valence-corrected chi connectivity index (χ0v) is 9.80. The van der Waals surface area contributed by atoms with Crippen molar-refractivity contribution < 1.29 is 27.5 Å². The molecule has 0 aliphatic heterocycles. The molecule has 0 saturated carbocycles. The highest BCUT2D eigenvalue weighted by atomic mass is 19.4. The highest BCUT2D eigenvalue weighted by molar-refractivity contribution is 6.41. The van der Waals surface area contributed by atoms with Crippen molar-refractivity contribution in [3.05, 3.63) is 34.9 Å². The van der Waals surface area contributed by atoms with Gasteiger partial charge in [-0.25, -0.2) is 4.79 Å². The quantitative estimate of drug-likeness (QED) is 0.477. The highest BCUT2D eigenvalue weighted by Crippen LogP contribution is 2.30. The van der Waals surface area contributed by atoms with Crippen LogP contribution in [0.15, 0.2) is 18.2 Å². The molecule has 1 rings (SSSR count). The lowest BCUT2D eigenvalue weighted by Crippen LogP contribution is -2.19. The smallest absolute Gasteiger partial charge is 0.416 e. The van der Waals surface area contributed by atoms with Crippen molar-refractivity contribution in [2.45, 2.75) is 20.0 Å². The number of aryl methyl sites for hydroxylation is 1. The first kappa shape index (κ1) is 14.2. The number of ketones is 1. The van der Waals surface area contributed by atoms with Crippen LogP contribution in [0.4, 0.5) is 13.2 Å². The normalized spacial score (nSPS) is 11.2. The van der Waals surface area contributed by atoms with E-state index in [4.69, 9.17) is 0 Å². The van der Waals surface area contributed by atoms with E-state index >= 15 is 0 Å². The van der Waals surface area contributed by atoms with Crippen LogP contribution >= 0.6 is 0 Å². The number of carbonyl (C=O) groups excluding carboxylic acids is 2. The number of halogens is 3. The Morgan fingerprint density at radius 2 is 1.89 bits per heavy atom. The van der Waals surface area contributed by atoms with Crippen LogP contribution in [0, 0.1) is 6.92 Å². The summed E-state index contributed by atoms with van der Waals surface area (Å²) in [5, 5.41) is 0. The summed E-state index contributed by atoms with van der Waals surface area (Å²) in [6, 6.07) is 2.57. The summed E-state index contributed by atoms with van der Waals surface area (Å²) in [4.78, 5) is 22.7. The van der Waals surface area contributed by atoms with Crippen molar-refractivity contribution in [2.24, 2.45) is 0 Å². The van der Waals surface area contributed by atoms with E-state index in [9.17, 15) is 22.8 Å². The van der Waals surface area contributed by atoms with Gasteiger partial charge in [-0.1, -0.05) is 0 Å². The number of esters is 1. The van der Waals surface area contributed by atoms with Gasteiger partial charge in [0.2, 0.25) is 0 Å². The molecule has 0 N–H and O–H groups in total. The third-order valence-electron chi connectivity index (χ3n) is 2.26. The predicted molar refractivity (Wildman–Crippen MR) is 57.1 cm³/mol. The second kappa shape index (κ2) is 5.20. The maximum Gasteiger partial charge on any atom is 0.416 e. The van der Waals surface area contributed by atoms with Gasteiger partial charge >= 0.3 is 12.1 Å². The molecule has 18 heavy (non-hydrogen) atoms. The molecule has 0 aromatic heterocycles. The van der Waals surface area contributed by atoms with Gasteiger partial charge in [-0.05, 0) is 37.6 Å². The number of carbonyl (C=O) groups is 2. The number of ether oxygens (including phenoxy) is 1. The van der Waals surface area contributed by atoms with Crippen molar-refractivity contribution in [3.8, 4) is 0 Å². The number of rotatable bonds is 3. The van der Waals surface area contributed by atoms with Crippen LogP contribution < -0.4 is 0 Å². The first-order chi connectivity index (χ1) is 8.27. The Bertz CT molecular complexity index is 478. The summed E-state index contributed by atoms with van der Waals surface area (Å²) in [7, 11) is 0. The SMILES string of the molecule is CCOC(=O)C(=O)c1ccc(C(F)(F)F)cc1C. The van der Waals surface area contributed by atoms with Crippen LogP contribution in [0.1, 0.15) is 28.4 Å².